The summed E-state index contributed by atoms with van der Waals surface area (Å²) in [5, 5.41) is 8.53. The van der Waals surface area contributed by atoms with Gasteiger partial charge in [-0.15, -0.1) is 0 Å². The van der Waals surface area contributed by atoms with Crippen LogP contribution in [0.5, 0.6) is 0 Å². The SMILES string of the molecule is O=C(O)/C(=C/F)c1cccc(C(F)(F)F)c1. The molecule has 0 aliphatic rings. The van der Waals surface area contributed by atoms with E-state index in [9.17, 15) is 22.4 Å². The lowest BCUT2D eigenvalue weighted by molar-refractivity contribution is -0.137. The van der Waals surface area contributed by atoms with Gasteiger partial charge in [0.05, 0.1) is 11.1 Å². The van der Waals surface area contributed by atoms with E-state index in [1.165, 1.54) is 0 Å². The molecule has 0 bridgehead atoms. The Labute approximate surface area is 87.8 Å². The first-order valence-electron chi connectivity index (χ1n) is 4.07. The Hall–Kier alpha value is -1.85. The van der Waals surface area contributed by atoms with Crippen LogP contribution in [0.4, 0.5) is 17.6 Å². The third kappa shape index (κ3) is 2.59. The molecular formula is C10H6F4O2. The number of carboxylic acids is 1. The van der Waals surface area contributed by atoms with Crippen molar-refractivity contribution in [1.82, 2.24) is 0 Å². The summed E-state index contributed by atoms with van der Waals surface area (Å²) < 4.78 is 49.0. The van der Waals surface area contributed by atoms with E-state index in [-0.39, 0.29) is 11.9 Å². The van der Waals surface area contributed by atoms with Crippen LogP contribution < -0.4 is 0 Å². The van der Waals surface area contributed by atoms with Crippen LogP contribution in [0.15, 0.2) is 30.6 Å². The fraction of sp³-hybridized carbons (Fsp3) is 0.100. The van der Waals surface area contributed by atoms with Gasteiger partial charge >= 0.3 is 12.1 Å². The fourth-order valence-electron chi connectivity index (χ4n) is 1.10. The largest absolute Gasteiger partial charge is 0.478 e. The van der Waals surface area contributed by atoms with Crippen LogP contribution >= 0.6 is 0 Å². The number of aliphatic carboxylic acids is 1. The predicted molar refractivity (Wildman–Crippen MR) is 48.2 cm³/mol. The molecule has 1 aromatic carbocycles. The van der Waals surface area contributed by atoms with Crippen LogP contribution in [-0.2, 0) is 11.0 Å². The normalized spacial score (nSPS) is 12.6. The van der Waals surface area contributed by atoms with Gasteiger partial charge in [-0.25, -0.2) is 9.18 Å². The summed E-state index contributed by atoms with van der Waals surface area (Å²) in [6, 6.07) is 3.47. The zero-order chi connectivity index (χ0) is 12.3. The second kappa shape index (κ2) is 4.34. The minimum absolute atomic E-state index is 0.238. The highest BCUT2D eigenvalue weighted by Crippen LogP contribution is 2.31. The van der Waals surface area contributed by atoms with Gasteiger partial charge in [0, 0.05) is 0 Å². The Bertz CT molecular complexity index is 435. The quantitative estimate of drug-likeness (QED) is 0.630. The maximum Gasteiger partial charge on any atom is 0.416 e. The average molecular weight is 234 g/mol. The average Bonchev–Trinajstić information content (AvgIpc) is 2.17. The molecule has 16 heavy (non-hydrogen) atoms. The first-order valence-corrected chi connectivity index (χ1v) is 4.07. The molecule has 2 nitrogen and oxygen atoms in total. The van der Waals surface area contributed by atoms with Crippen LogP contribution in [0.25, 0.3) is 5.57 Å². The number of carboxylic acid groups (broad SMARTS) is 1. The van der Waals surface area contributed by atoms with Gasteiger partial charge in [-0.2, -0.15) is 13.2 Å². The molecule has 0 saturated carbocycles. The molecule has 86 valence electrons. The predicted octanol–water partition coefficient (Wildman–Crippen LogP) is 3.10. The molecule has 0 spiro atoms. The van der Waals surface area contributed by atoms with Gasteiger partial charge in [0.1, 0.15) is 6.33 Å². The van der Waals surface area contributed by atoms with Crippen molar-refractivity contribution in [2.75, 3.05) is 0 Å². The first-order chi connectivity index (χ1) is 7.36. The monoisotopic (exact) mass is 234 g/mol. The Morgan fingerprint density at radius 1 is 1.31 bits per heavy atom. The van der Waals surface area contributed by atoms with Crippen molar-refractivity contribution in [3.05, 3.63) is 41.7 Å². The molecule has 0 atom stereocenters. The molecule has 1 N–H and O–H groups in total. The van der Waals surface area contributed by atoms with Crippen LogP contribution in [0.2, 0.25) is 0 Å². The molecule has 0 aromatic heterocycles. The molecule has 0 heterocycles. The molecule has 0 radical (unpaired) electrons. The summed E-state index contributed by atoms with van der Waals surface area (Å²) in [7, 11) is 0. The number of alkyl halides is 3. The third-order valence-corrected chi connectivity index (χ3v) is 1.84. The second-order valence-corrected chi connectivity index (χ2v) is 2.91. The van der Waals surface area contributed by atoms with Gasteiger partial charge in [-0.3, -0.25) is 0 Å². The topological polar surface area (TPSA) is 37.3 Å². The second-order valence-electron chi connectivity index (χ2n) is 2.91. The Morgan fingerprint density at radius 3 is 2.38 bits per heavy atom. The molecule has 6 heteroatoms. The number of carbonyl (C=O) groups is 1. The minimum atomic E-state index is -4.59. The lowest BCUT2D eigenvalue weighted by Gasteiger charge is -2.08. The maximum atomic E-state index is 12.3. The van der Waals surface area contributed by atoms with E-state index in [2.05, 4.69) is 0 Å². The van der Waals surface area contributed by atoms with Crippen LogP contribution in [-0.4, -0.2) is 11.1 Å². The Kier molecular flexibility index (Phi) is 3.31. The number of rotatable bonds is 2. The van der Waals surface area contributed by atoms with Crippen molar-refractivity contribution in [3.8, 4) is 0 Å². The highest BCUT2D eigenvalue weighted by Gasteiger charge is 2.30. The van der Waals surface area contributed by atoms with Crippen molar-refractivity contribution >= 4 is 11.5 Å². The van der Waals surface area contributed by atoms with Crippen molar-refractivity contribution in [3.63, 3.8) is 0 Å². The summed E-state index contributed by atoms with van der Waals surface area (Å²) >= 11 is 0. The zero-order valence-corrected chi connectivity index (χ0v) is 7.75. The van der Waals surface area contributed by atoms with Gasteiger partial charge < -0.3 is 5.11 Å². The van der Waals surface area contributed by atoms with Gasteiger partial charge in [0.2, 0.25) is 0 Å². The highest BCUT2D eigenvalue weighted by molar-refractivity contribution is 6.15. The van der Waals surface area contributed by atoms with Crippen molar-refractivity contribution in [2.45, 2.75) is 6.18 Å². The smallest absolute Gasteiger partial charge is 0.416 e. The van der Waals surface area contributed by atoms with Gasteiger partial charge in [-0.05, 0) is 17.7 Å². The summed E-state index contributed by atoms with van der Waals surface area (Å²) in [6.07, 6.45) is -4.83. The van der Waals surface area contributed by atoms with E-state index in [1.54, 1.807) is 0 Å². The third-order valence-electron chi connectivity index (χ3n) is 1.84. The van der Waals surface area contributed by atoms with E-state index in [0.29, 0.717) is 6.07 Å². The number of hydrogen-bond acceptors (Lipinski definition) is 1. The molecule has 0 fully saturated rings. The van der Waals surface area contributed by atoms with E-state index >= 15 is 0 Å². The van der Waals surface area contributed by atoms with Crippen LogP contribution in [0.3, 0.4) is 0 Å². The fourth-order valence-corrected chi connectivity index (χ4v) is 1.10. The summed E-state index contributed by atoms with van der Waals surface area (Å²) in [4.78, 5) is 10.5. The van der Waals surface area contributed by atoms with Crippen LogP contribution in [0.1, 0.15) is 11.1 Å². The Balaban J connectivity index is 3.23. The van der Waals surface area contributed by atoms with Gasteiger partial charge in [-0.1, -0.05) is 12.1 Å². The summed E-state index contributed by atoms with van der Waals surface area (Å²) in [6.45, 7) is 0. The molecule has 1 rings (SSSR count). The molecule has 0 aliphatic heterocycles. The van der Waals surface area contributed by atoms with Crippen molar-refractivity contribution in [2.24, 2.45) is 0 Å². The summed E-state index contributed by atoms with van der Waals surface area (Å²) in [5.41, 5.74) is -2.17. The van der Waals surface area contributed by atoms with Crippen molar-refractivity contribution < 1.29 is 27.5 Å². The van der Waals surface area contributed by atoms with Gasteiger partial charge in [0.25, 0.3) is 0 Å². The molecule has 1 aromatic rings. The molecule has 0 amide bonds. The molecular weight excluding hydrogens is 228 g/mol. The van der Waals surface area contributed by atoms with E-state index in [4.69, 9.17) is 5.11 Å². The summed E-state index contributed by atoms with van der Waals surface area (Å²) in [5.74, 6) is -1.62. The minimum Gasteiger partial charge on any atom is -0.478 e. The lowest BCUT2D eigenvalue weighted by Crippen LogP contribution is -2.06. The number of hydrogen-bond donors (Lipinski definition) is 1. The van der Waals surface area contributed by atoms with Crippen LogP contribution in [0, 0.1) is 0 Å². The first kappa shape index (κ1) is 12.2. The van der Waals surface area contributed by atoms with Crippen molar-refractivity contribution in [1.29, 1.82) is 0 Å². The number of benzene rings is 1. The standard InChI is InChI=1S/C10H6F4O2/c11-5-8(9(15)16)6-2-1-3-7(4-6)10(12,13)14/h1-5H,(H,15,16)/b8-5+. The number of halogens is 4. The maximum absolute atomic E-state index is 12.3. The Morgan fingerprint density at radius 2 is 1.94 bits per heavy atom. The zero-order valence-electron chi connectivity index (χ0n) is 7.75. The van der Waals surface area contributed by atoms with E-state index < -0.39 is 23.3 Å². The molecule has 0 saturated heterocycles. The molecule has 0 aliphatic carbocycles. The highest BCUT2D eigenvalue weighted by atomic mass is 19.4. The molecule has 0 unspecified atom stereocenters. The van der Waals surface area contributed by atoms with E-state index in [0.717, 1.165) is 18.2 Å². The van der Waals surface area contributed by atoms with Gasteiger partial charge in [0.15, 0.2) is 0 Å². The lowest BCUT2D eigenvalue weighted by atomic mass is 10.0. The van der Waals surface area contributed by atoms with E-state index in [1.807, 2.05) is 0 Å².